The highest BCUT2D eigenvalue weighted by molar-refractivity contribution is 6.28. The number of hydrogen-bond acceptors (Lipinski definition) is 4. The molecule has 0 spiro atoms. The molecule has 0 heterocycles. The molecule has 1 aliphatic carbocycles. The van der Waals surface area contributed by atoms with Gasteiger partial charge in [-0.05, 0) is 12.2 Å². The standard InChI is InChI=1S/C8H8Cl2O4/c1-5(11)14-6-4-7(9,12)2-3-8(6,10)13/h2-4,12-13H,1H3. The van der Waals surface area contributed by atoms with Gasteiger partial charge in [0.25, 0.3) is 0 Å². The molecular weight excluding hydrogens is 231 g/mol. The van der Waals surface area contributed by atoms with Crippen LogP contribution in [0, 0.1) is 0 Å². The Hall–Kier alpha value is -0.550. The van der Waals surface area contributed by atoms with Crippen molar-refractivity contribution in [3.8, 4) is 0 Å². The van der Waals surface area contributed by atoms with E-state index < -0.39 is 16.1 Å². The normalized spacial score (nSPS) is 36.5. The monoisotopic (exact) mass is 238 g/mol. The summed E-state index contributed by atoms with van der Waals surface area (Å²) in [6, 6.07) is 0. The molecule has 0 fully saturated rings. The van der Waals surface area contributed by atoms with E-state index in [0.29, 0.717) is 0 Å². The lowest BCUT2D eigenvalue weighted by Gasteiger charge is -2.26. The van der Waals surface area contributed by atoms with Crippen molar-refractivity contribution >= 4 is 29.2 Å². The summed E-state index contributed by atoms with van der Waals surface area (Å²) in [5.41, 5.74) is 0. The average Bonchev–Trinajstić information content (AvgIpc) is 1.97. The molecule has 0 aromatic carbocycles. The fraction of sp³-hybridized carbons (Fsp3) is 0.375. The maximum Gasteiger partial charge on any atom is 0.307 e. The summed E-state index contributed by atoms with van der Waals surface area (Å²) in [4.78, 5) is 10.6. The van der Waals surface area contributed by atoms with E-state index in [-0.39, 0.29) is 5.76 Å². The highest BCUT2D eigenvalue weighted by Gasteiger charge is 2.37. The van der Waals surface area contributed by atoms with Gasteiger partial charge in [-0.2, -0.15) is 0 Å². The molecular formula is C8H8Cl2O4. The van der Waals surface area contributed by atoms with Crippen LogP contribution < -0.4 is 0 Å². The third kappa shape index (κ3) is 2.72. The van der Waals surface area contributed by atoms with Crippen LogP contribution in [0.1, 0.15) is 6.92 Å². The molecule has 4 nitrogen and oxygen atoms in total. The summed E-state index contributed by atoms with van der Waals surface area (Å²) in [5.74, 6) is -0.982. The fourth-order valence-corrected chi connectivity index (χ4v) is 1.22. The van der Waals surface area contributed by atoms with Crippen molar-refractivity contribution in [1.29, 1.82) is 0 Å². The first-order chi connectivity index (χ1) is 6.23. The smallest absolute Gasteiger partial charge is 0.307 e. The van der Waals surface area contributed by atoms with Crippen molar-refractivity contribution < 1.29 is 19.7 Å². The van der Waals surface area contributed by atoms with Gasteiger partial charge in [0.15, 0.2) is 10.8 Å². The zero-order chi connectivity index (χ0) is 11.0. The van der Waals surface area contributed by atoms with Crippen LogP contribution in [0.4, 0.5) is 0 Å². The first-order valence-electron chi connectivity index (χ1n) is 3.68. The van der Waals surface area contributed by atoms with Gasteiger partial charge in [-0.25, -0.2) is 0 Å². The van der Waals surface area contributed by atoms with Gasteiger partial charge in [0.1, 0.15) is 0 Å². The summed E-state index contributed by atoms with van der Waals surface area (Å²) < 4.78 is 4.59. The molecule has 0 bridgehead atoms. The van der Waals surface area contributed by atoms with Gasteiger partial charge < -0.3 is 14.9 Å². The Bertz CT molecular complexity index is 317. The van der Waals surface area contributed by atoms with E-state index in [2.05, 4.69) is 4.74 Å². The van der Waals surface area contributed by atoms with Crippen molar-refractivity contribution in [3.05, 3.63) is 24.0 Å². The highest BCUT2D eigenvalue weighted by atomic mass is 35.5. The molecule has 78 valence electrons. The molecule has 2 N–H and O–H groups in total. The minimum Gasteiger partial charge on any atom is -0.427 e. The number of carbonyl (C=O) groups is 1. The van der Waals surface area contributed by atoms with E-state index in [1.807, 2.05) is 0 Å². The van der Waals surface area contributed by atoms with Gasteiger partial charge in [0, 0.05) is 13.0 Å². The van der Waals surface area contributed by atoms with Crippen LogP contribution in [0.15, 0.2) is 24.0 Å². The molecule has 0 aliphatic heterocycles. The molecule has 6 heteroatoms. The maximum absolute atomic E-state index is 10.6. The lowest BCUT2D eigenvalue weighted by Crippen LogP contribution is -2.32. The number of alkyl halides is 2. The van der Waals surface area contributed by atoms with E-state index in [1.54, 1.807) is 0 Å². The number of carbonyl (C=O) groups excluding carboxylic acids is 1. The first-order valence-corrected chi connectivity index (χ1v) is 4.43. The first kappa shape index (κ1) is 11.5. The van der Waals surface area contributed by atoms with Gasteiger partial charge in [-0.1, -0.05) is 23.2 Å². The molecule has 14 heavy (non-hydrogen) atoms. The topological polar surface area (TPSA) is 66.8 Å². The van der Waals surface area contributed by atoms with Crippen molar-refractivity contribution in [3.63, 3.8) is 0 Å². The molecule has 0 aromatic rings. The SMILES string of the molecule is CC(=O)OC1=CC(O)(Cl)C=CC1(O)Cl. The van der Waals surface area contributed by atoms with Crippen LogP contribution in [0.2, 0.25) is 0 Å². The molecule has 1 rings (SSSR count). The van der Waals surface area contributed by atoms with Gasteiger partial charge in [0.2, 0.25) is 5.06 Å². The Balaban J connectivity index is 2.98. The molecule has 2 unspecified atom stereocenters. The number of aliphatic hydroxyl groups is 2. The van der Waals surface area contributed by atoms with Crippen molar-refractivity contribution in [2.75, 3.05) is 0 Å². The summed E-state index contributed by atoms with van der Waals surface area (Å²) in [6.45, 7) is 1.14. The largest absolute Gasteiger partial charge is 0.427 e. The van der Waals surface area contributed by atoms with Crippen LogP contribution in [-0.2, 0) is 9.53 Å². The van der Waals surface area contributed by atoms with Gasteiger partial charge in [-0.15, -0.1) is 0 Å². The van der Waals surface area contributed by atoms with Crippen LogP contribution in [0.3, 0.4) is 0 Å². The van der Waals surface area contributed by atoms with E-state index in [1.165, 1.54) is 0 Å². The quantitative estimate of drug-likeness (QED) is 0.404. The number of ether oxygens (including phenoxy) is 1. The number of hydrogen-bond donors (Lipinski definition) is 2. The molecule has 0 aromatic heterocycles. The lowest BCUT2D eigenvalue weighted by molar-refractivity contribution is -0.138. The third-order valence-corrected chi connectivity index (χ3v) is 2.02. The summed E-state index contributed by atoms with van der Waals surface area (Å²) in [6.07, 6.45) is 3.05. The van der Waals surface area contributed by atoms with Crippen molar-refractivity contribution in [2.24, 2.45) is 0 Å². The van der Waals surface area contributed by atoms with Crippen molar-refractivity contribution in [2.45, 2.75) is 17.0 Å². The number of halogens is 2. The highest BCUT2D eigenvalue weighted by Crippen LogP contribution is 2.34. The average molecular weight is 239 g/mol. The van der Waals surface area contributed by atoms with Crippen LogP contribution in [0.5, 0.6) is 0 Å². The molecule has 0 saturated carbocycles. The van der Waals surface area contributed by atoms with E-state index >= 15 is 0 Å². The Labute approximate surface area is 90.4 Å². The predicted molar refractivity (Wildman–Crippen MR) is 50.6 cm³/mol. The third-order valence-electron chi connectivity index (χ3n) is 1.47. The van der Waals surface area contributed by atoms with Gasteiger partial charge in [-0.3, -0.25) is 4.79 Å². The van der Waals surface area contributed by atoms with Crippen LogP contribution in [0.25, 0.3) is 0 Å². The molecule has 2 atom stereocenters. The zero-order valence-corrected chi connectivity index (χ0v) is 8.71. The van der Waals surface area contributed by atoms with Gasteiger partial charge >= 0.3 is 5.97 Å². The van der Waals surface area contributed by atoms with Crippen LogP contribution in [-0.4, -0.2) is 26.3 Å². The number of rotatable bonds is 1. The van der Waals surface area contributed by atoms with E-state index in [4.69, 9.17) is 23.2 Å². The predicted octanol–water partition coefficient (Wildman–Crippen LogP) is 0.858. The molecule has 0 saturated heterocycles. The maximum atomic E-state index is 10.6. The van der Waals surface area contributed by atoms with Crippen LogP contribution >= 0.6 is 23.2 Å². The summed E-state index contributed by atoms with van der Waals surface area (Å²) >= 11 is 11.1. The Morgan fingerprint density at radius 3 is 2.50 bits per heavy atom. The minimum absolute atomic E-state index is 0.313. The lowest BCUT2D eigenvalue weighted by atomic mass is 10.1. The second kappa shape index (κ2) is 3.55. The Kier molecular flexibility index (Phi) is 2.92. The summed E-state index contributed by atoms with van der Waals surface area (Å²) in [5, 5.41) is 15.1. The zero-order valence-electron chi connectivity index (χ0n) is 7.20. The van der Waals surface area contributed by atoms with E-state index in [0.717, 1.165) is 25.2 Å². The molecule has 0 amide bonds. The minimum atomic E-state index is -1.95. The van der Waals surface area contributed by atoms with Crippen molar-refractivity contribution in [1.82, 2.24) is 0 Å². The second-order valence-electron chi connectivity index (χ2n) is 2.84. The molecule has 0 radical (unpaired) electrons. The molecule has 1 aliphatic rings. The van der Waals surface area contributed by atoms with E-state index in [9.17, 15) is 15.0 Å². The fourth-order valence-electron chi connectivity index (χ4n) is 0.899. The Morgan fingerprint density at radius 1 is 1.43 bits per heavy atom. The van der Waals surface area contributed by atoms with Gasteiger partial charge in [0.05, 0.1) is 0 Å². The number of esters is 1. The Morgan fingerprint density at radius 2 is 2.00 bits per heavy atom. The second-order valence-corrected chi connectivity index (χ2v) is 4.02. The summed E-state index contributed by atoms with van der Waals surface area (Å²) in [7, 11) is 0.